The van der Waals surface area contributed by atoms with Crippen molar-refractivity contribution in [2.45, 2.75) is 32.4 Å². The van der Waals surface area contributed by atoms with Gasteiger partial charge in [-0.05, 0) is 13.8 Å². The van der Waals surface area contributed by atoms with E-state index in [1.807, 2.05) is 0 Å². The average Bonchev–Trinajstić information content (AvgIpc) is 2.24. The number of nitrogens with zero attached hydrogens (tertiary/aromatic N) is 1. The molecule has 0 spiro atoms. The molecule has 0 heterocycles. The fourth-order valence-corrected chi connectivity index (χ4v) is 1.28. The van der Waals surface area contributed by atoms with E-state index in [0.717, 1.165) is 4.90 Å². The molecule has 0 saturated heterocycles. The van der Waals surface area contributed by atoms with Gasteiger partial charge in [-0.15, -0.1) is 0 Å². The van der Waals surface area contributed by atoms with E-state index in [-0.39, 0.29) is 25.6 Å². The number of aliphatic hydroxyl groups is 1. The van der Waals surface area contributed by atoms with Crippen LogP contribution in [0.1, 0.15) is 20.3 Å². The van der Waals surface area contributed by atoms with E-state index in [9.17, 15) is 14.4 Å². The summed E-state index contributed by atoms with van der Waals surface area (Å²) in [6, 6.07) is -2.21. The highest BCUT2D eigenvalue weighted by Gasteiger charge is 2.24. The average molecular weight is 261 g/mol. The Labute approximate surface area is 105 Å². The predicted molar refractivity (Wildman–Crippen MR) is 62.7 cm³/mol. The Morgan fingerprint density at radius 2 is 1.89 bits per heavy atom. The number of nitrogens with one attached hydrogen (secondary N) is 1. The van der Waals surface area contributed by atoms with Crippen LogP contribution >= 0.6 is 0 Å². The van der Waals surface area contributed by atoms with E-state index in [1.54, 1.807) is 13.8 Å². The fraction of sp³-hybridized carbons (Fsp3) is 0.700. The van der Waals surface area contributed by atoms with Crippen molar-refractivity contribution in [3.63, 3.8) is 0 Å². The van der Waals surface area contributed by atoms with E-state index in [2.05, 4.69) is 5.32 Å². The number of nitrogens with two attached hydrogens (primary N) is 1. The molecule has 8 heteroatoms. The zero-order valence-corrected chi connectivity index (χ0v) is 10.4. The van der Waals surface area contributed by atoms with Gasteiger partial charge in [0.1, 0.15) is 12.6 Å². The zero-order chi connectivity index (χ0) is 14.3. The molecule has 0 aliphatic rings. The van der Waals surface area contributed by atoms with Gasteiger partial charge in [-0.3, -0.25) is 4.79 Å². The van der Waals surface area contributed by atoms with Gasteiger partial charge in [-0.2, -0.15) is 0 Å². The summed E-state index contributed by atoms with van der Waals surface area (Å²) < 4.78 is 0. The Hall–Kier alpha value is -1.83. The standard InChI is InChI=1S/C10H19N3O5/c1-6(2)13(5-8(11)15)10(18)12-7(3-4-14)9(16)17/h6-7,14H,3-5H2,1-2H3,(H2,11,15)(H,12,18)(H,16,17)/t7-/m0/s1. The number of carboxylic acids is 1. The number of rotatable bonds is 7. The molecule has 0 aliphatic heterocycles. The minimum atomic E-state index is -1.25. The summed E-state index contributed by atoms with van der Waals surface area (Å²) in [5, 5.41) is 19.7. The van der Waals surface area contributed by atoms with Crippen LogP contribution in [0.5, 0.6) is 0 Å². The van der Waals surface area contributed by atoms with Crippen LogP contribution in [0.25, 0.3) is 0 Å². The quantitative estimate of drug-likeness (QED) is 0.453. The van der Waals surface area contributed by atoms with Crippen LogP contribution in [-0.4, -0.2) is 58.3 Å². The van der Waals surface area contributed by atoms with Crippen molar-refractivity contribution in [1.29, 1.82) is 0 Å². The third-order valence-electron chi connectivity index (χ3n) is 2.22. The number of carbonyl (C=O) groups is 3. The van der Waals surface area contributed by atoms with Crippen LogP contribution in [0.3, 0.4) is 0 Å². The van der Waals surface area contributed by atoms with Crippen molar-refractivity contribution in [3.05, 3.63) is 0 Å². The second-order valence-corrected chi connectivity index (χ2v) is 4.04. The molecule has 0 saturated carbocycles. The minimum Gasteiger partial charge on any atom is -0.480 e. The molecule has 0 aromatic carbocycles. The zero-order valence-electron chi connectivity index (χ0n) is 10.4. The number of carbonyl (C=O) groups excluding carboxylic acids is 2. The normalized spacial score (nSPS) is 12.0. The lowest BCUT2D eigenvalue weighted by molar-refractivity contribution is -0.139. The van der Waals surface area contributed by atoms with Gasteiger partial charge < -0.3 is 26.2 Å². The summed E-state index contributed by atoms with van der Waals surface area (Å²) in [7, 11) is 0. The largest absolute Gasteiger partial charge is 0.480 e. The second-order valence-electron chi connectivity index (χ2n) is 4.04. The first-order chi connectivity index (χ1) is 8.29. The number of aliphatic hydroxyl groups excluding tert-OH is 1. The number of aliphatic carboxylic acids is 1. The van der Waals surface area contributed by atoms with Gasteiger partial charge in [0.2, 0.25) is 5.91 Å². The Bertz CT molecular complexity index is 319. The van der Waals surface area contributed by atoms with Crippen molar-refractivity contribution in [2.75, 3.05) is 13.2 Å². The summed E-state index contributed by atoms with van der Waals surface area (Å²) in [6.45, 7) is 2.68. The number of carboxylic acid groups (broad SMARTS) is 1. The van der Waals surface area contributed by atoms with Gasteiger partial charge in [0.15, 0.2) is 0 Å². The molecule has 8 nitrogen and oxygen atoms in total. The Balaban J connectivity index is 4.66. The second kappa shape index (κ2) is 7.49. The first-order valence-electron chi connectivity index (χ1n) is 5.48. The third kappa shape index (κ3) is 5.48. The SMILES string of the molecule is CC(C)N(CC(N)=O)C(=O)N[C@@H](CCO)C(=O)O. The number of primary amides is 1. The van der Waals surface area contributed by atoms with Crippen LogP contribution in [0.15, 0.2) is 0 Å². The van der Waals surface area contributed by atoms with Gasteiger partial charge in [0.25, 0.3) is 0 Å². The molecule has 1 atom stereocenters. The van der Waals surface area contributed by atoms with Crippen molar-refractivity contribution in [3.8, 4) is 0 Å². The van der Waals surface area contributed by atoms with Gasteiger partial charge >= 0.3 is 12.0 Å². The maximum atomic E-state index is 11.8. The molecule has 0 unspecified atom stereocenters. The molecule has 0 bridgehead atoms. The maximum absolute atomic E-state index is 11.8. The number of hydrogen-bond donors (Lipinski definition) is 4. The highest BCUT2D eigenvalue weighted by atomic mass is 16.4. The lowest BCUT2D eigenvalue weighted by atomic mass is 10.2. The van der Waals surface area contributed by atoms with E-state index < -0.39 is 23.9 Å². The first kappa shape index (κ1) is 16.2. The van der Waals surface area contributed by atoms with E-state index in [4.69, 9.17) is 15.9 Å². The lowest BCUT2D eigenvalue weighted by Gasteiger charge is -2.27. The van der Waals surface area contributed by atoms with Crippen LogP contribution in [0.2, 0.25) is 0 Å². The van der Waals surface area contributed by atoms with Gasteiger partial charge in [-0.25, -0.2) is 9.59 Å². The van der Waals surface area contributed by atoms with Crippen LogP contribution < -0.4 is 11.1 Å². The Morgan fingerprint density at radius 3 is 2.22 bits per heavy atom. The van der Waals surface area contributed by atoms with Crippen LogP contribution in [0, 0.1) is 0 Å². The molecule has 3 amide bonds. The molecule has 0 fully saturated rings. The van der Waals surface area contributed by atoms with Crippen molar-refractivity contribution < 1.29 is 24.6 Å². The fourth-order valence-electron chi connectivity index (χ4n) is 1.28. The minimum absolute atomic E-state index is 0.108. The van der Waals surface area contributed by atoms with Crippen LogP contribution in [0.4, 0.5) is 4.79 Å². The molecule has 18 heavy (non-hydrogen) atoms. The summed E-state index contributed by atoms with van der Waals surface area (Å²) >= 11 is 0. The highest BCUT2D eigenvalue weighted by Crippen LogP contribution is 2.00. The van der Waals surface area contributed by atoms with Crippen molar-refractivity contribution in [1.82, 2.24) is 10.2 Å². The molecular formula is C10H19N3O5. The van der Waals surface area contributed by atoms with E-state index in [0.29, 0.717) is 0 Å². The molecule has 0 radical (unpaired) electrons. The van der Waals surface area contributed by atoms with Crippen molar-refractivity contribution in [2.24, 2.45) is 5.73 Å². The maximum Gasteiger partial charge on any atom is 0.326 e. The Kier molecular flexibility index (Phi) is 6.73. The molecule has 0 aromatic rings. The van der Waals surface area contributed by atoms with Gasteiger partial charge in [-0.1, -0.05) is 0 Å². The van der Waals surface area contributed by atoms with E-state index in [1.165, 1.54) is 0 Å². The van der Waals surface area contributed by atoms with Crippen molar-refractivity contribution >= 4 is 17.9 Å². The summed E-state index contributed by atoms with van der Waals surface area (Å²) in [6.07, 6.45) is -0.108. The molecular weight excluding hydrogens is 242 g/mol. The predicted octanol–water partition coefficient (Wildman–Crippen LogP) is -1.27. The summed E-state index contributed by atoms with van der Waals surface area (Å²) in [5.74, 6) is -1.94. The first-order valence-corrected chi connectivity index (χ1v) is 5.48. The molecule has 0 rings (SSSR count). The number of amides is 3. The smallest absolute Gasteiger partial charge is 0.326 e. The highest BCUT2D eigenvalue weighted by molar-refractivity contribution is 5.86. The van der Waals surface area contributed by atoms with E-state index >= 15 is 0 Å². The topological polar surface area (TPSA) is 133 Å². The lowest BCUT2D eigenvalue weighted by Crippen LogP contribution is -2.52. The summed E-state index contributed by atoms with van der Waals surface area (Å²) in [5.41, 5.74) is 5.00. The third-order valence-corrected chi connectivity index (χ3v) is 2.22. The monoisotopic (exact) mass is 261 g/mol. The molecule has 0 aromatic heterocycles. The molecule has 0 aliphatic carbocycles. The van der Waals surface area contributed by atoms with Gasteiger partial charge in [0, 0.05) is 19.1 Å². The Morgan fingerprint density at radius 1 is 1.33 bits per heavy atom. The number of urea groups is 1. The molecule has 104 valence electrons. The number of hydrogen-bond acceptors (Lipinski definition) is 4. The van der Waals surface area contributed by atoms with Crippen LogP contribution in [-0.2, 0) is 9.59 Å². The molecule has 5 N–H and O–H groups in total. The van der Waals surface area contributed by atoms with Gasteiger partial charge in [0.05, 0.1) is 0 Å². The summed E-state index contributed by atoms with van der Waals surface area (Å²) in [4.78, 5) is 34.5.